The molecule has 3 aromatic carbocycles. The SMILES string of the molecule is COC(=O)C1=C2Nc3ccccc3[C@@]23CCN([C@H](C)[C]2[CH][CH][CH][C]2P(c2ccccc2)c2ccccc2)[C@H]3[C@H](OC(C)=O)C1.[CH]1[CH][CH][CH][CH]1.[Fe+2]. The number of likely N-dealkylation sites (tertiary alicyclic amines) is 1. The van der Waals surface area contributed by atoms with Gasteiger partial charge in [-0.05, 0) is 94.9 Å². The second-order valence-electron chi connectivity index (χ2n) is 12.8. The number of anilines is 1. The predicted molar refractivity (Wildman–Crippen MR) is 195 cm³/mol. The zero-order chi connectivity index (χ0) is 34.0. The Morgan fingerprint density at radius 3 is 2.06 bits per heavy atom. The zero-order valence-electron chi connectivity index (χ0n) is 28.4. The molecule has 0 amide bonds. The van der Waals surface area contributed by atoms with Crippen LogP contribution >= 0.6 is 7.92 Å². The fourth-order valence-corrected chi connectivity index (χ4v) is 10.8. The van der Waals surface area contributed by atoms with Crippen LogP contribution in [-0.2, 0) is 41.5 Å². The summed E-state index contributed by atoms with van der Waals surface area (Å²) in [7, 11) is 0.623. The molecule has 2 heterocycles. The fraction of sp³-hybridized carbons (Fsp3) is 0.238. The first-order chi connectivity index (χ1) is 23.9. The van der Waals surface area contributed by atoms with Crippen LogP contribution in [-0.4, -0.2) is 48.7 Å². The second kappa shape index (κ2) is 16.2. The van der Waals surface area contributed by atoms with Gasteiger partial charge in [-0.1, -0.05) is 78.9 Å². The Bertz CT molecular complexity index is 1620. The van der Waals surface area contributed by atoms with Gasteiger partial charge in [-0.15, -0.1) is 0 Å². The number of ether oxygens (including phenoxy) is 2. The summed E-state index contributed by atoms with van der Waals surface area (Å²) in [4.78, 5) is 28.3. The van der Waals surface area contributed by atoms with Gasteiger partial charge in [-0.2, -0.15) is 0 Å². The first-order valence-corrected chi connectivity index (χ1v) is 18.2. The largest absolute Gasteiger partial charge is 2.00 e. The summed E-state index contributed by atoms with van der Waals surface area (Å²) in [6, 6.07) is 29.7. The van der Waals surface area contributed by atoms with E-state index in [1.54, 1.807) is 0 Å². The Labute approximate surface area is 310 Å². The van der Waals surface area contributed by atoms with Gasteiger partial charge in [0.25, 0.3) is 0 Å². The van der Waals surface area contributed by atoms with Gasteiger partial charge in [-0.3, -0.25) is 9.69 Å². The van der Waals surface area contributed by atoms with E-state index in [9.17, 15) is 9.59 Å². The van der Waals surface area contributed by atoms with Crippen molar-refractivity contribution in [2.45, 2.75) is 50.3 Å². The van der Waals surface area contributed by atoms with Crippen LogP contribution in [0.1, 0.15) is 32.3 Å². The van der Waals surface area contributed by atoms with Gasteiger partial charge in [0.1, 0.15) is 6.10 Å². The number of fused-ring (bicyclic) bond motifs is 1. The molecule has 4 atom stereocenters. The van der Waals surface area contributed by atoms with E-state index in [0.29, 0.717) is 12.0 Å². The number of carbonyl (C=O) groups is 2. The molecule has 8 heteroatoms. The Kier molecular flexibility index (Phi) is 11.9. The van der Waals surface area contributed by atoms with Crippen molar-refractivity contribution in [3.05, 3.63) is 165 Å². The standard InChI is InChI=1S/C37H36N2O4P.C5H5.Fe/c1-24(28-17-12-20-33(28)44(26-13-6-4-7-14-26)27-15-8-5-9-16-27)39-22-21-37-30-18-10-11-19-31(30)38-34(37)29(36(41)42-3)23-32(35(37)39)43-25(2)40;1-2-4-5-3-1;/h4-20,24,32,35,38H,21-23H2,1-3H3;1-5H;/q;;+2/t24-,32-,35+,37+;;/m1../s1. The van der Waals surface area contributed by atoms with Crippen molar-refractivity contribution in [1.29, 1.82) is 0 Å². The van der Waals surface area contributed by atoms with E-state index in [1.165, 1.54) is 36.2 Å². The van der Waals surface area contributed by atoms with Crippen molar-refractivity contribution >= 4 is 36.2 Å². The number of para-hydroxylation sites is 1. The molecule has 2 aliphatic heterocycles. The third-order valence-electron chi connectivity index (χ3n) is 10.1. The molecular formula is C42H41FeN2O4P+2. The molecule has 5 aliphatic rings. The van der Waals surface area contributed by atoms with E-state index in [0.717, 1.165) is 29.9 Å². The number of methoxy groups -OCH3 is 1. The van der Waals surface area contributed by atoms with Gasteiger partial charge in [0.2, 0.25) is 0 Å². The first-order valence-electron chi connectivity index (χ1n) is 16.9. The summed E-state index contributed by atoms with van der Waals surface area (Å²) in [6.07, 6.45) is 17.3. The van der Waals surface area contributed by atoms with E-state index in [1.807, 2.05) is 38.2 Å². The number of esters is 2. The van der Waals surface area contributed by atoms with Crippen LogP contribution < -0.4 is 15.9 Å². The molecule has 3 aliphatic carbocycles. The second-order valence-corrected chi connectivity index (χ2v) is 15.0. The van der Waals surface area contributed by atoms with Gasteiger partial charge in [0.05, 0.1) is 24.1 Å². The molecule has 3 aromatic rings. The van der Waals surface area contributed by atoms with Crippen molar-refractivity contribution in [2.75, 3.05) is 19.0 Å². The number of carbonyl (C=O) groups excluding carboxylic acids is 2. The van der Waals surface area contributed by atoms with E-state index in [-0.39, 0.29) is 41.1 Å². The Morgan fingerprint density at radius 1 is 0.860 bits per heavy atom. The van der Waals surface area contributed by atoms with Gasteiger partial charge in [-0.25, -0.2) is 4.79 Å². The first kappa shape index (κ1) is 36.8. The van der Waals surface area contributed by atoms with E-state index >= 15 is 0 Å². The summed E-state index contributed by atoms with van der Waals surface area (Å²) < 4.78 is 11.4. The molecule has 0 aromatic heterocycles. The van der Waals surface area contributed by atoms with Crippen LogP contribution in [0.15, 0.2) is 96.2 Å². The molecule has 3 fully saturated rings. The van der Waals surface area contributed by atoms with Crippen LogP contribution in [0.25, 0.3) is 0 Å². The maximum Gasteiger partial charge on any atom is 2.00 e. The Morgan fingerprint density at radius 2 is 1.46 bits per heavy atom. The van der Waals surface area contributed by atoms with Crippen LogP contribution in [0.3, 0.4) is 0 Å². The fourth-order valence-electron chi connectivity index (χ4n) is 8.22. The average Bonchev–Trinajstić information content (AvgIpc) is 3.96. The minimum absolute atomic E-state index is 0. The van der Waals surface area contributed by atoms with E-state index < -0.39 is 19.4 Å². The van der Waals surface area contributed by atoms with Crippen molar-refractivity contribution in [3.63, 3.8) is 0 Å². The van der Waals surface area contributed by atoms with Gasteiger partial charge >= 0.3 is 29.0 Å². The minimum Gasteiger partial charge on any atom is -0.466 e. The molecule has 1 spiro atoms. The summed E-state index contributed by atoms with van der Waals surface area (Å²) in [5, 5.41) is 6.24. The number of nitrogens with one attached hydrogen (secondary N) is 1. The van der Waals surface area contributed by atoms with E-state index in [2.05, 4.69) is 115 Å². The van der Waals surface area contributed by atoms with Crippen LogP contribution in [0, 0.1) is 62.9 Å². The molecule has 1 N–H and O–H groups in total. The monoisotopic (exact) mass is 724 g/mol. The summed E-state index contributed by atoms with van der Waals surface area (Å²) in [5.74, 6) is 0.560. The molecule has 10 radical (unpaired) electrons. The number of benzene rings is 3. The smallest absolute Gasteiger partial charge is 0.466 e. The number of nitrogens with zero attached hydrogens (tertiary/aromatic N) is 1. The van der Waals surface area contributed by atoms with Gasteiger partial charge in [0, 0.05) is 48.9 Å². The molecule has 6 nitrogen and oxygen atoms in total. The topological polar surface area (TPSA) is 67.9 Å². The van der Waals surface area contributed by atoms with Crippen molar-refractivity contribution in [2.24, 2.45) is 0 Å². The molecule has 2 saturated carbocycles. The van der Waals surface area contributed by atoms with E-state index in [4.69, 9.17) is 9.47 Å². The minimum atomic E-state index is -0.789. The Hall–Kier alpha value is -2.95. The van der Waals surface area contributed by atoms with Gasteiger partial charge < -0.3 is 14.8 Å². The molecule has 8 rings (SSSR count). The van der Waals surface area contributed by atoms with Crippen LogP contribution in [0.5, 0.6) is 0 Å². The molecule has 0 unspecified atom stereocenters. The third-order valence-corrected chi connectivity index (χ3v) is 12.7. The van der Waals surface area contributed by atoms with Crippen LogP contribution in [0.4, 0.5) is 5.69 Å². The normalized spacial score (nSPS) is 25.0. The average molecular weight is 725 g/mol. The quantitative estimate of drug-likeness (QED) is 0.172. The third kappa shape index (κ3) is 6.84. The molecule has 1 saturated heterocycles. The summed E-state index contributed by atoms with van der Waals surface area (Å²) in [5.41, 5.74) is 4.41. The number of hydrogen-bond acceptors (Lipinski definition) is 6. The molecular weight excluding hydrogens is 683 g/mol. The zero-order valence-corrected chi connectivity index (χ0v) is 30.4. The Balaban J connectivity index is 0.000000663. The maximum absolute atomic E-state index is 13.2. The molecule has 50 heavy (non-hydrogen) atoms. The van der Waals surface area contributed by atoms with Crippen LogP contribution in [0.2, 0.25) is 0 Å². The van der Waals surface area contributed by atoms with Crippen molar-refractivity contribution in [1.82, 2.24) is 4.90 Å². The molecule has 254 valence electrons. The predicted octanol–water partition coefficient (Wildman–Crippen LogP) is 6.46. The van der Waals surface area contributed by atoms with Crippen molar-refractivity contribution in [3.8, 4) is 0 Å². The number of rotatable bonds is 7. The maximum atomic E-state index is 13.2. The number of hydrogen-bond donors (Lipinski definition) is 1. The van der Waals surface area contributed by atoms with Gasteiger partial charge in [0.15, 0.2) is 0 Å². The summed E-state index contributed by atoms with van der Waals surface area (Å²) >= 11 is 0. The van der Waals surface area contributed by atoms with Crippen molar-refractivity contribution < 1.29 is 36.1 Å². The molecule has 0 bridgehead atoms. The summed E-state index contributed by atoms with van der Waals surface area (Å²) in [6.45, 7) is 4.52.